The molecule has 0 aromatic heterocycles. The van der Waals surface area contributed by atoms with Gasteiger partial charge in [0.05, 0.1) is 12.1 Å². The van der Waals surface area contributed by atoms with E-state index in [1.807, 2.05) is 0 Å². The van der Waals surface area contributed by atoms with Gasteiger partial charge in [0.1, 0.15) is 29.8 Å². The van der Waals surface area contributed by atoms with Gasteiger partial charge in [-0.1, -0.05) is 12.1 Å². The normalized spacial score (nSPS) is 19.9. The fraction of sp³-hybridized carbons (Fsp3) is 0.385. The third-order valence-corrected chi connectivity index (χ3v) is 8.26. The molecule has 3 aliphatic heterocycles. The molecule has 6 N–H and O–H groups in total. The van der Waals surface area contributed by atoms with Gasteiger partial charge in [-0.15, -0.1) is 11.8 Å². The lowest BCUT2D eigenvalue weighted by atomic mass is 10.0. The van der Waals surface area contributed by atoms with Crippen LogP contribution in [0.5, 0.6) is 0 Å². The number of β-lactam (4-membered cyclic amide) rings is 1. The summed E-state index contributed by atoms with van der Waals surface area (Å²) in [5.41, 5.74) is -0.0244. The molecule has 45 heavy (non-hydrogen) atoms. The molecule has 0 aliphatic carbocycles. The van der Waals surface area contributed by atoms with E-state index in [1.54, 1.807) is 6.92 Å². The maximum atomic E-state index is 13.6. The van der Waals surface area contributed by atoms with E-state index in [9.17, 15) is 43.5 Å². The van der Waals surface area contributed by atoms with Crippen molar-refractivity contribution < 1.29 is 53.3 Å². The number of thioether (sulfide) groups is 1. The molecule has 7 amide bonds. The number of urea groups is 1. The lowest BCUT2D eigenvalue weighted by molar-refractivity contribution is -0.153. The number of piperazine rings is 1. The number of nitrogens with zero attached hydrogens (tertiary/aromatic N) is 4. The number of hydrogen-bond donors (Lipinski definition) is 5. The minimum absolute atomic E-state index is 0.0671. The van der Waals surface area contributed by atoms with Crippen molar-refractivity contribution in [1.29, 1.82) is 0 Å². The van der Waals surface area contributed by atoms with Crippen LogP contribution in [-0.4, -0.2) is 116 Å². The fourth-order valence-electron chi connectivity index (χ4n) is 4.67. The molecule has 0 spiro atoms. The van der Waals surface area contributed by atoms with E-state index in [2.05, 4.69) is 10.6 Å². The number of anilines is 1. The Labute approximate surface area is 259 Å². The van der Waals surface area contributed by atoms with Crippen molar-refractivity contribution in [2.75, 3.05) is 37.0 Å². The van der Waals surface area contributed by atoms with Gasteiger partial charge in [0, 0.05) is 25.4 Å². The zero-order valence-electron chi connectivity index (χ0n) is 23.7. The number of hydrogen-bond acceptors (Lipinski definition) is 11. The third-order valence-electron chi connectivity index (χ3n) is 7.07. The highest BCUT2D eigenvalue weighted by Gasteiger charge is 2.53. The minimum Gasteiger partial charge on any atom is -0.481 e. The molecule has 3 aliphatic rings. The predicted octanol–water partition coefficient (Wildman–Crippen LogP) is -1.21. The van der Waals surface area contributed by atoms with Crippen molar-refractivity contribution in [2.45, 2.75) is 30.8 Å². The number of amides is 7. The number of imide groups is 1. The van der Waals surface area contributed by atoms with E-state index in [4.69, 9.17) is 15.7 Å². The van der Waals surface area contributed by atoms with Gasteiger partial charge in [-0.25, -0.2) is 25.2 Å². The van der Waals surface area contributed by atoms with Crippen LogP contribution in [0, 0.1) is 0 Å². The van der Waals surface area contributed by atoms with Gasteiger partial charge in [-0.2, -0.15) is 0 Å². The van der Waals surface area contributed by atoms with Crippen LogP contribution in [0.2, 0.25) is 0 Å². The van der Waals surface area contributed by atoms with Crippen LogP contribution in [-0.2, 0) is 33.5 Å². The second-order valence-corrected chi connectivity index (χ2v) is 10.9. The van der Waals surface area contributed by atoms with Crippen molar-refractivity contribution in [1.82, 2.24) is 25.3 Å². The minimum atomic E-state index is -1.53. The first-order chi connectivity index (χ1) is 21.3. The molecular weight excluding hydrogens is 618 g/mol. The summed E-state index contributed by atoms with van der Waals surface area (Å²) in [6.07, 6.45) is -0.122. The van der Waals surface area contributed by atoms with Crippen LogP contribution < -0.4 is 21.5 Å². The molecule has 240 valence electrons. The maximum Gasteiger partial charge on any atom is 0.428 e. The highest BCUT2D eigenvalue weighted by Crippen LogP contribution is 2.37. The molecule has 0 bridgehead atoms. The summed E-state index contributed by atoms with van der Waals surface area (Å²) in [7, 11) is 0. The molecule has 3 heterocycles. The van der Waals surface area contributed by atoms with Crippen LogP contribution in [0.4, 0.5) is 15.3 Å². The van der Waals surface area contributed by atoms with Crippen LogP contribution in [0.25, 0.3) is 0 Å². The van der Waals surface area contributed by atoms with Gasteiger partial charge in [-0.3, -0.25) is 33.8 Å². The Morgan fingerprint density at radius 2 is 1.78 bits per heavy atom. The molecule has 3 atom stereocenters. The Kier molecular flexibility index (Phi) is 9.92. The first-order valence-corrected chi connectivity index (χ1v) is 14.5. The molecule has 2 fully saturated rings. The number of ether oxygens (including phenoxy) is 1. The first kappa shape index (κ1) is 32.7. The summed E-state index contributed by atoms with van der Waals surface area (Å²) in [6, 6.07) is 1.53. The highest BCUT2D eigenvalue weighted by molar-refractivity contribution is 8.00. The Bertz CT molecular complexity index is 1470. The second kappa shape index (κ2) is 13.6. The number of carboxylic acids is 2. The van der Waals surface area contributed by atoms with Crippen molar-refractivity contribution >= 4 is 65.1 Å². The summed E-state index contributed by atoms with van der Waals surface area (Å²) in [6.45, 7) is 1.45. The van der Waals surface area contributed by atoms with Gasteiger partial charge in [-0.05, 0) is 30.7 Å². The number of carbonyl (C=O) groups excluding carboxylic acids is 6. The van der Waals surface area contributed by atoms with Gasteiger partial charge in [0.15, 0.2) is 0 Å². The van der Waals surface area contributed by atoms with Gasteiger partial charge in [0.2, 0.25) is 5.91 Å². The Hall–Kier alpha value is -5.17. The summed E-state index contributed by atoms with van der Waals surface area (Å²) in [4.78, 5) is 102. The number of fused-ring (bicyclic) bond motifs is 1. The fourth-order valence-corrected chi connectivity index (χ4v) is 5.87. The van der Waals surface area contributed by atoms with E-state index < -0.39 is 78.2 Å². The average molecular weight is 648 g/mol. The summed E-state index contributed by atoms with van der Waals surface area (Å²) in [5, 5.41) is 22.9. The average Bonchev–Trinajstić information content (AvgIpc) is 3.02. The molecule has 0 radical (unpaired) electrons. The summed E-state index contributed by atoms with van der Waals surface area (Å²) < 4.78 is 4.79. The van der Waals surface area contributed by atoms with Crippen molar-refractivity contribution in [3.05, 3.63) is 41.6 Å². The molecule has 18 nitrogen and oxygen atoms in total. The lowest BCUT2D eigenvalue weighted by Gasteiger charge is -2.48. The molecule has 19 heteroatoms. The summed E-state index contributed by atoms with van der Waals surface area (Å²) >= 11 is 1.22. The molecule has 2 saturated heterocycles. The lowest BCUT2D eigenvalue weighted by Crippen LogP contribution is -2.70. The molecule has 0 unspecified atom stereocenters. The van der Waals surface area contributed by atoms with Crippen LogP contribution in [0.15, 0.2) is 36.0 Å². The number of rotatable bonds is 10. The van der Waals surface area contributed by atoms with Crippen LogP contribution >= 0.6 is 11.8 Å². The molecule has 4 rings (SSSR count). The molecule has 1 aromatic carbocycles. The molecular formula is C26H29N7O11S. The number of benzene rings is 1. The Morgan fingerprint density at radius 1 is 1.09 bits per heavy atom. The predicted molar refractivity (Wildman–Crippen MR) is 153 cm³/mol. The van der Waals surface area contributed by atoms with Gasteiger partial charge in [0.25, 0.3) is 5.91 Å². The second-order valence-electron chi connectivity index (χ2n) is 9.76. The quantitative estimate of drug-likeness (QED) is 0.0658. The first-order valence-electron chi connectivity index (χ1n) is 13.5. The third kappa shape index (κ3) is 6.83. The zero-order valence-corrected chi connectivity index (χ0v) is 24.5. The Balaban J connectivity index is 1.54. The van der Waals surface area contributed by atoms with Crippen molar-refractivity contribution in [3.63, 3.8) is 0 Å². The highest BCUT2D eigenvalue weighted by atomic mass is 32.2. The van der Waals surface area contributed by atoms with Crippen LogP contribution in [0.1, 0.15) is 24.9 Å². The smallest absolute Gasteiger partial charge is 0.428 e. The summed E-state index contributed by atoms with van der Waals surface area (Å²) in [5.74, 6) is 0.0169. The number of carbonyl (C=O) groups is 8. The van der Waals surface area contributed by atoms with E-state index in [1.165, 1.54) is 47.0 Å². The maximum absolute atomic E-state index is 13.6. The number of carboxylic acid groups (broad SMARTS) is 2. The molecule has 1 aromatic rings. The SMILES string of the molecule is CCN1CCN(C(=O)N[C@@H](C(=O)N[C@@H]2C(=O)N3C(C(=O)O)=CCS[C@@H]23)c2ccc(N(N)C(=O)OCCC(=O)O)cc2)C(=O)C1=O. The van der Waals surface area contributed by atoms with Crippen molar-refractivity contribution in [3.8, 4) is 0 Å². The van der Waals surface area contributed by atoms with Gasteiger partial charge >= 0.3 is 35.9 Å². The number of nitrogens with one attached hydrogen (secondary N) is 2. The van der Waals surface area contributed by atoms with E-state index in [0.717, 1.165) is 4.90 Å². The monoisotopic (exact) mass is 647 g/mol. The van der Waals surface area contributed by atoms with E-state index >= 15 is 0 Å². The largest absolute Gasteiger partial charge is 0.481 e. The number of nitrogens with two attached hydrogens (primary N) is 1. The van der Waals surface area contributed by atoms with E-state index in [-0.39, 0.29) is 42.3 Å². The number of aliphatic carboxylic acids is 2. The van der Waals surface area contributed by atoms with Crippen molar-refractivity contribution in [2.24, 2.45) is 5.84 Å². The van der Waals surface area contributed by atoms with E-state index in [0.29, 0.717) is 9.91 Å². The standard InChI is InChI=1S/C26H29N7O11S/c1-2-30-9-10-31(22(39)21(30)38)25(42)29-17(13-3-5-14(6-4-13)33(27)26(43)44-11-7-16(34)35)19(36)28-18-20(37)32-15(24(40)41)8-12-45-23(18)32/h3-6,8,17-18,23H,2,7,9-12,27H2,1H3,(H,28,36)(H,29,42)(H,34,35)(H,40,41)/t17-,18-,23+/m1/s1. The van der Waals surface area contributed by atoms with Crippen LogP contribution in [0.3, 0.4) is 0 Å². The van der Waals surface area contributed by atoms with Gasteiger partial charge < -0.3 is 30.5 Å². The Morgan fingerprint density at radius 3 is 2.40 bits per heavy atom. The number of likely N-dealkylation sites (N-methyl/N-ethyl adjacent to an activating group) is 1. The number of hydrazine groups is 1. The molecule has 0 saturated carbocycles. The zero-order chi connectivity index (χ0) is 33.0. The topological polar surface area (TPSA) is 249 Å².